The second-order valence-corrected chi connectivity index (χ2v) is 7.15. The molecule has 0 radical (unpaired) electrons. The fourth-order valence-electron chi connectivity index (χ4n) is 3.96. The van der Waals surface area contributed by atoms with E-state index in [1.165, 1.54) is 33.5 Å². The van der Waals surface area contributed by atoms with Gasteiger partial charge in [0.05, 0.1) is 11.4 Å². The topological polar surface area (TPSA) is 17.8 Å². The molecule has 0 amide bonds. The molecule has 2 nitrogen and oxygen atoms in total. The zero-order valence-electron chi connectivity index (χ0n) is 16.3. The fourth-order valence-corrected chi connectivity index (χ4v) is 3.96. The van der Waals surface area contributed by atoms with E-state index in [1.807, 2.05) is 6.07 Å². The average Bonchev–Trinajstić information content (AvgIpc) is 2.97. The molecular weight excluding hydrogens is 328 g/mol. The van der Waals surface area contributed by atoms with Crippen molar-refractivity contribution >= 4 is 0 Å². The Morgan fingerprint density at radius 1 is 0.667 bits per heavy atom. The summed E-state index contributed by atoms with van der Waals surface area (Å²) < 4.78 is 2.22. The number of rotatable bonds is 3. The van der Waals surface area contributed by atoms with Gasteiger partial charge < -0.3 is 4.57 Å². The number of benzene rings is 3. The van der Waals surface area contributed by atoms with E-state index in [1.54, 1.807) is 0 Å². The van der Waals surface area contributed by atoms with Crippen LogP contribution in [0.25, 0.3) is 33.8 Å². The van der Waals surface area contributed by atoms with E-state index in [0.29, 0.717) is 0 Å². The molecule has 134 valence electrons. The maximum Gasteiger partial charge on any atom is 0.140 e. The maximum absolute atomic E-state index is 4.88. The van der Waals surface area contributed by atoms with Crippen LogP contribution in [0.4, 0.5) is 0 Å². The van der Waals surface area contributed by atoms with Gasteiger partial charge in [-0.05, 0) is 43.0 Å². The van der Waals surface area contributed by atoms with Crippen LogP contribution in [-0.2, 0) is 7.05 Å². The molecule has 0 saturated heterocycles. The van der Waals surface area contributed by atoms with Crippen molar-refractivity contribution in [2.75, 3.05) is 0 Å². The summed E-state index contributed by atoms with van der Waals surface area (Å²) >= 11 is 0. The Morgan fingerprint density at radius 2 is 1.19 bits per heavy atom. The number of hydrogen-bond donors (Lipinski definition) is 0. The number of aryl methyl sites for hydroxylation is 3. The second-order valence-electron chi connectivity index (χ2n) is 7.15. The molecule has 1 aromatic heterocycles. The van der Waals surface area contributed by atoms with Gasteiger partial charge in [-0.3, -0.25) is 0 Å². The van der Waals surface area contributed by atoms with Gasteiger partial charge >= 0.3 is 0 Å². The standard InChI is InChI=1S/C25H24N2/c1-17-15-22(20-11-7-5-8-12-20)16-18(2)23(17)24-19(3)26-25(27(24)4)21-13-9-6-10-14-21/h5-16H,1-4H3. The van der Waals surface area contributed by atoms with Gasteiger partial charge in [-0.2, -0.15) is 0 Å². The lowest BCUT2D eigenvalue weighted by Gasteiger charge is -2.15. The van der Waals surface area contributed by atoms with Gasteiger partial charge in [0.25, 0.3) is 0 Å². The van der Waals surface area contributed by atoms with E-state index in [4.69, 9.17) is 4.98 Å². The molecule has 0 spiro atoms. The third-order valence-electron chi connectivity index (χ3n) is 5.18. The van der Waals surface area contributed by atoms with E-state index in [0.717, 1.165) is 17.1 Å². The lowest BCUT2D eigenvalue weighted by molar-refractivity contribution is 0.930. The lowest BCUT2D eigenvalue weighted by Crippen LogP contribution is -1.99. The zero-order chi connectivity index (χ0) is 19.0. The Labute approximate surface area is 161 Å². The van der Waals surface area contributed by atoms with Crippen LogP contribution in [0.1, 0.15) is 16.8 Å². The number of imidazole rings is 1. The molecular formula is C25H24N2. The summed E-state index contributed by atoms with van der Waals surface area (Å²) in [5.41, 5.74) is 9.76. The van der Waals surface area contributed by atoms with Crippen molar-refractivity contribution in [1.82, 2.24) is 9.55 Å². The maximum atomic E-state index is 4.88. The van der Waals surface area contributed by atoms with Crippen LogP contribution >= 0.6 is 0 Å². The Bertz CT molecular complexity index is 1070. The summed E-state index contributed by atoms with van der Waals surface area (Å²) in [5, 5.41) is 0. The fraction of sp³-hybridized carbons (Fsp3) is 0.160. The van der Waals surface area contributed by atoms with Gasteiger partial charge in [-0.15, -0.1) is 0 Å². The Balaban J connectivity index is 1.87. The summed E-state index contributed by atoms with van der Waals surface area (Å²) in [4.78, 5) is 4.88. The molecule has 2 heteroatoms. The third kappa shape index (κ3) is 3.08. The molecule has 0 aliphatic rings. The lowest BCUT2D eigenvalue weighted by atomic mass is 9.93. The van der Waals surface area contributed by atoms with Crippen molar-refractivity contribution in [2.24, 2.45) is 7.05 Å². The average molecular weight is 352 g/mol. The van der Waals surface area contributed by atoms with Gasteiger partial charge in [0.15, 0.2) is 0 Å². The minimum absolute atomic E-state index is 1.01. The summed E-state index contributed by atoms with van der Waals surface area (Å²) in [7, 11) is 2.11. The normalized spacial score (nSPS) is 11.0. The first-order valence-corrected chi connectivity index (χ1v) is 9.32. The Hall–Kier alpha value is -3.13. The quantitative estimate of drug-likeness (QED) is 0.420. The van der Waals surface area contributed by atoms with E-state index < -0.39 is 0 Å². The zero-order valence-corrected chi connectivity index (χ0v) is 16.3. The van der Waals surface area contributed by atoms with Crippen LogP contribution in [0.3, 0.4) is 0 Å². The Morgan fingerprint density at radius 3 is 1.74 bits per heavy atom. The van der Waals surface area contributed by atoms with Gasteiger partial charge in [0.2, 0.25) is 0 Å². The summed E-state index contributed by atoms with van der Waals surface area (Å²) in [5.74, 6) is 1.01. The van der Waals surface area contributed by atoms with Crippen molar-refractivity contribution in [1.29, 1.82) is 0 Å². The molecule has 0 fully saturated rings. The molecule has 0 unspecified atom stereocenters. The number of nitrogens with zero attached hydrogens (tertiary/aromatic N) is 2. The second kappa shape index (κ2) is 6.88. The van der Waals surface area contributed by atoms with Crippen LogP contribution < -0.4 is 0 Å². The highest BCUT2D eigenvalue weighted by molar-refractivity contribution is 5.78. The van der Waals surface area contributed by atoms with E-state index in [-0.39, 0.29) is 0 Å². The first-order valence-electron chi connectivity index (χ1n) is 9.32. The first kappa shape index (κ1) is 17.3. The summed E-state index contributed by atoms with van der Waals surface area (Å²) in [6.07, 6.45) is 0. The molecule has 0 N–H and O–H groups in total. The van der Waals surface area contributed by atoms with Crippen LogP contribution in [0.15, 0.2) is 72.8 Å². The van der Waals surface area contributed by atoms with Crippen LogP contribution in [0.5, 0.6) is 0 Å². The number of hydrogen-bond acceptors (Lipinski definition) is 1. The van der Waals surface area contributed by atoms with E-state index in [9.17, 15) is 0 Å². The highest BCUT2D eigenvalue weighted by Gasteiger charge is 2.18. The molecule has 3 aromatic carbocycles. The van der Waals surface area contributed by atoms with Crippen molar-refractivity contribution in [3.8, 4) is 33.8 Å². The molecule has 0 saturated carbocycles. The van der Waals surface area contributed by atoms with Crippen molar-refractivity contribution in [2.45, 2.75) is 20.8 Å². The van der Waals surface area contributed by atoms with Crippen LogP contribution in [-0.4, -0.2) is 9.55 Å². The molecule has 4 aromatic rings. The van der Waals surface area contributed by atoms with Gasteiger partial charge in [-0.25, -0.2) is 4.98 Å². The predicted octanol–water partition coefficient (Wildman–Crippen LogP) is 6.35. The van der Waals surface area contributed by atoms with Gasteiger partial charge in [0.1, 0.15) is 5.82 Å². The molecule has 4 rings (SSSR count). The van der Waals surface area contributed by atoms with E-state index >= 15 is 0 Å². The summed E-state index contributed by atoms with van der Waals surface area (Å²) in [6, 6.07) is 25.5. The highest BCUT2D eigenvalue weighted by atomic mass is 15.1. The van der Waals surface area contributed by atoms with Crippen LogP contribution in [0.2, 0.25) is 0 Å². The van der Waals surface area contributed by atoms with Crippen molar-refractivity contribution < 1.29 is 0 Å². The molecule has 0 aliphatic carbocycles. The van der Waals surface area contributed by atoms with Crippen molar-refractivity contribution in [3.05, 3.63) is 89.6 Å². The molecule has 0 atom stereocenters. The Kier molecular flexibility index (Phi) is 4.41. The molecule has 1 heterocycles. The van der Waals surface area contributed by atoms with Gasteiger partial charge in [0, 0.05) is 18.2 Å². The first-order chi connectivity index (χ1) is 13.1. The highest BCUT2D eigenvalue weighted by Crippen LogP contribution is 2.35. The minimum Gasteiger partial charge on any atom is -0.327 e. The molecule has 0 bridgehead atoms. The smallest absolute Gasteiger partial charge is 0.140 e. The SMILES string of the molecule is Cc1cc(-c2ccccc2)cc(C)c1-c1c(C)nc(-c2ccccc2)n1C. The number of aromatic nitrogens is 2. The monoisotopic (exact) mass is 352 g/mol. The van der Waals surface area contributed by atoms with E-state index in [2.05, 4.69) is 99.1 Å². The van der Waals surface area contributed by atoms with Crippen LogP contribution in [0, 0.1) is 20.8 Å². The largest absolute Gasteiger partial charge is 0.327 e. The van der Waals surface area contributed by atoms with Gasteiger partial charge in [-0.1, -0.05) is 72.8 Å². The third-order valence-corrected chi connectivity index (χ3v) is 5.18. The molecule has 0 aliphatic heterocycles. The predicted molar refractivity (Wildman–Crippen MR) is 114 cm³/mol. The van der Waals surface area contributed by atoms with Crippen molar-refractivity contribution in [3.63, 3.8) is 0 Å². The summed E-state index contributed by atoms with van der Waals surface area (Å²) in [6.45, 7) is 6.50. The molecule has 27 heavy (non-hydrogen) atoms. The minimum atomic E-state index is 1.01.